The highest BCUT2D eigenvalue weighted by Crippen LogP contribution is 2.37. The van der Waals surface area contributed by atoms with Gasteiger partial charge < -0.3 is 19.3 Å². The Morgan fingerprint density at radius 3 is 1.37 bits per heavy atom. The second kappa shape index (κ2) is 15.8. The highest BCUT2D eigenvalue weighted by molar-refractivity contribution is 5.98. The number of rotatable bonds is 14. The average Bonchev–Trinajstić information content (AvgIpc) is 3.05. The zero-order valence-corrected chi connectivity index (χ0v) is 27.9. The third-order valence-electron chi connectivity index (χ3n) is 7.85. The molecule has 0 aliphatic rings. The van der Waals surface area contributed by atoms with Gasteiger partial charge in [-0.3, -0.25) is 9.59 Å². The summed E-state index contributed by atoms with van der Waals surface area (Å²) in [5, 5.41) is 0. The number of carbonyl (C=O) groups excluding carboxylic acids is 2. The summed E-state index contributed by atoms with van der Waals surface area (Å²) >= 11 is 0. The Kier molecular flexibility index (Phi) is 11.6. The van der Waals surface area contributed by atoms with Gasteiger partial charge in [-0.25, -0.2) is 0 Å². The van der Waals surface area contributed by atoms with Crippen molar-refractivity contribution in [2.75, 3.05) is 52.2 Å². The van der Waals surface area contributed by atoms with Crippen LogP contribution in [0.25, 0.3) is 11.1 Å². The van der Waals surface area contributed by atoms with Gasteiger partial charge in [0.1, 0.15) is 23.1 Å². The van der Waals surface area contributed by atoms with Gasteiger partial charge in [-0.05, 0) is 65.6 Å². The number of benzene rings is 4. The number of para-hydroxylation sites is 2. The predicted octanol–water partition coefficient (Wildman–Crippen LogP) is 7.95. The molecule has 0 saturated heterocycles. The van der Waals surface area contributed by atoms with Crippen molar-refractivity contribution in [3.05, 3.63) is 131 Å². The number of anilines is 2. The molecule has 0 amide bonds. The van der Waals surface area contributed by atoms with E-state index in [1.807, 2.05) is 76.7 Å². The number of hydrogen-bond donors (Lipinski definition) is 0. The number of ketones is 2. The lowest BCUT2D eigenvalue weighted by Gasteiger charge is -2.20. The fraction of sp³-hybridized carbons (Fsp3) is 0.250. The van der Waals surface area contributed by atoms with Crippen LogP contribution in [0.2, 0.25) is 0 Å². The van der Waals surface area contributed by atoms with Crippen LogP contribution in [0.5, 0.6) is 11.5 Å². The van der Waals surface area contributed by atoms with Crippen LogP contribution in [0.1, 0.15) is 42.0 Å². The van der Waals surface area contributed by atoms with E-state index in [1.165, 1.54) is 6.92 Å². The molecule has 0 bridgehead atoms. The molecule has 46 heavy (non-hydrogen) atoms. The molecule has 4 aromatic rings. The van der Waals surface area contributed by atoms with E-state index in [-0.39, 0.29) is 30.3 Å². The van der Waals surface area contributed by atoms with E-state index in [1.54, 1.807) is 14.2 Å². The Balaban J connectivity index is 1.99. The lowest BCUT2D eigenvalue weighted by atomic mass is 9.87. The molecule has 0 aromatic heterocycles. The molecule has 4 rings (SSSR count). The van der Waals surface area contributed by atoms with Crippen LogP contribution in [0.4, 0.5) is 11.4 Å². The molecule has 0 fully saturated rings. The highest BCUT2D eigenvalue weighted by Gasteiger charge is 2.20. The quantitative estimate of drug-likeness (QED) is 0.134. The summed E-state index contributed by atoms with van der Waals surface area (Å²) < 4.78 is 11.6. The second-order valence-electron chi connectivity index (χ2n) is 11.7. The summed E-state index contributed by atoms with van der Waals surface area (Å²) in [6, 6.07) is 32.5. The first-order valence-electron chi connectivity index (χ1n) is 15.4. The van der Waals surface area contributed by atoms with Crippen LogP contribution < -0.4 is 19.3 Å². The molecule has 0 N–H and O–H groups in total. The zero-order valence-electron chi connectivity index (χ0n) is 27.9. The minimum Gasteiger partial charge on any atom is -0.496 e. The van der Waals surface area contributed by atoms with Crippen molar-refractivity contribution in [3.8, 4) is 11.5 Å². The molecule has 0 radical (unpaired) electrons. The molecule has 0 heterocycles. The van der Waals surface area contributed by atoms with E-state index >= 15 is 0 Å². The molecule has 0 unspecified atom stereocenters. The van der Waals surface area contributed by atoms with Crippen molar-refractivity contribution >= 4 is 34.1 Å². The smallest absolute Gasteiger partial charge is 0.141 e. The third kappa shape index (κ3) is 8.54. The van der Waals surface area contributed by atoms with E-state index in [0.717, 1.165) is 56.3 Å². The lowest BCUT2D eigenvalue weighted by molar-refractivity contribution is -0.126. The molecule has 0 atom stereocenters. The van der Waals surface area contributed by atoms with E-state index in [9.17, 15) is 9.59 Å². The molecular weight excluding hydrogens is 572 g/mol. The van der Waals surface area contributed by atoms with E-state index in [2.05, 4.69) is 70.5 Å². The Bertz CT molecular complexity index is 1590. The minimum atomic E-state index is -0.367. The van der Waals surface area contributed by atoms with Gasteiger partial charge in [0.25, 0.3) is 0 Å². The maximum Gasteiger partial charge on any atom is 0.141 e. The van der Waals surface area contributed by atoms with Crippen LogP contribution in [0, 0.1) is 5.92 Å². The van der Waals surface area contributed by atoms with Crippen LogP contribution in [-0.2, 0) is 9.59 Å². The van der Waals surface area contributed by atoms with Gasteiger partial charge >= 0.3 is 0 Å². The molecule has 6 nitrogen and oxygen atoms in total. The lowest BCUT2D eigenvalue weighted by Crippen LogP contribution is -2.11. The topological polar surface area (TPSA) is 59.1 Å². The van der Waals surface area contributed by atoms with Gasteiger partial charge in [0.15, 0.2) is 0 Å². The van der Waals surface area contributed by atoms with Crippen LogP contribution >= 0.6 is 0 Å². The molecule has 238 valence electrons. The number of ether oxygens (including phenoxy) is 2. The zero-order chi connectivity index (χ0) is 33.2. The van der Waals surface area contributed by atoms with Crippen molar-refractivity contribution in [2.45, 2.75) is 19.8 Å². The van der Waals surface area contributed by atoms with Crippen LogP contribution in [0.15, 0.2) is 109 Å². The van der Waals surface area contributed by atoms with Crippen LogP contribution in [0.3, 0.4) is 0 Å². The number of nitrogens with zero attached hydrogens (tertiary/aromatic N) is 2. The van der Waals surface area contributed by atoms with Crippen molar-refractivity contribution in [1.29, 1.82) is 0 Å². The van der Waals surface area contributed by atoms with Crippen molar-refractivity contribution in [3.63, 3.8) is 0 Å². The summed E-state index contributed by atoms with van der Waals surface area (Å²) in [5.74, 6) is 0.827. The van der Waals surface area contributed by atoms with E-state index in [0.29, 0.717) is 0 Å². The summed E-state index contributed by atoms with van der Waals surface area (Å²) in [5.41, 5.74) is 7.82. The van der Waals surface area contributed by atoms with E-state index in [4.69, 9.17) is 9.47 Å². The molecule has 0 aliphatic heterocycles. The Morgan fingerprint density at radius 2 is 1.02 bits per heavy atom. The monoisotopic (exact) mass is 616 g/mol. The molecule has 4 aromatic carbocycles. The summed E-state index contributed by atoms with van der Waals surface area (Å²) in [7, 11) is 11.4. The van der Waals surface area contributed by atoms with Crippen LogP contribution in [-0.4, -0.2) is 54.0 Å². The van der Waals surface area contributed by atoms with Crippen molar-refractivity contribution in [2.24, 2.45) is 5.92 Å². The standard InChI is InChI=1S/C40H44N2O4/c1-28(43)24-34(44)25-29(26-37(35-12-8-10-14-39(35)45-6)30-16-20-32(21-17-30)41(2)3)27-38(36-13-9-11-15-40(36)46-7)31-18-22-33(23-19-31)42(4)5/h8-23,26-27,29H,24-25H2,1-7H3/b37-26+,38-27+. The molecule has 0 aliphatic carbocycles. The third-order valence-corrected chi connectivity index (χ3v) is 7.85. The number of allylic oxidation sites excluding steroid dienone is 2. The fourth-order valence-corrected chi connectivity index (χ4v) is 5.50. The average molecular weight is 617 g/mol. The van der Waals surface area contributed by atoms with Gasteiger partial charge in [0, 0.05) is 63.0 Å². The number of hydrogen-bond acceptors (Lipinski definition) is 6. The van der Waals surface area contributed by atoms with E-state index < -0.39 is 0 Å². The first-order chi connectivity index (χ1) is 22.1. The number of carbonyl (C=O) groups is 2. The first kappa shape index (κ1) is 33.8. The van der Waals surface area contributed by atoms with Gasteiger partial charge in [-0.15, -0.1) is 0 Å². The van der Waals surface area contributed by atoms with Gasteiger partial charge in [0.05, 0.1) is 20.6 Å². The Hall–Kier alpha value is -5.10. The molecule has 0 spiro atoms. The Labute approximate surface area is 273 Å². The Morgan fingerprint density at radius 1 is 0.630 bits per heavy atom. The minimum absolute atomic E-state index is 0.110. The SMILES string of the molecule is COc1ccccc1/C(=C/C(/C=C(\c1ccc(N(C)C)cc1)c1ccccc1OC)CC(=O)CC(C)=O)c1ccc(N(C)C)cc1. The summed E-state index contributed by atoms with van der Waals surface area (Å²) in [6.45, 7) is 1.46. The summed E-state index contributed by atoms with van der Waals surface area (Å²) in [6.07, 6.45) is 4.30. The maximum absolute atomic E-state index is 13.3. The normalized spacial score (nSPS) is 12.3. The number of Topliss-reactive ketones (excluding diaryl/α,β-unsaturated/α-hetero) is 2. The second-order valence-corrected chi connectivity index (χ2v) is 11.7. The van der Waals surface area contributed by atoms with Crippen molar-refractivity contribution < 1.29 is 19.1 Å². The largest absolute Gasteiger partial charge is 0.496 e. The summed E-state index contributed by atoms with van der Waals surface area (Å²) in [4.78, 5) is 29.5. The van der Waals surface area contributed by atoms with Gasteiger partial charge in [0.2, 0.25) is 0 Å². The molecule has 6 heteroatoms. The van der Waals surface area contributed by atoms with Crippen molar-refractivity contribution in [1.82, 2.24) is 0 Å². The first-order valence-corrected chi connectivity index (χ1v) is 15.4. The predicted molar refractivity (Wildman–Crippen MR) is 190 cm³/mol. The maximum atomic E-state index is 13.3. The fourth-order valence-electron chi connectivity index (χ4n) is 5.50. The number of methoxy groups -OCH3 is 2. The van der Waals surface area contributed by atoms with Gasteiger partial charge in [-0.2, -0.15) is 0 Å². The molecular formula is C40H44N2O4. The molecule has 0 saturated carbocycles. The van der Waals surface area contributed by atoms with Gasteiger partial charge in [-0.1, -0.05) is 72.8 Å². The highest BCUT2D eigenvalue weighted by atomic mass is 16.5.